The quantitative estimate of drug-likeness (QED) is 0.795. The van der Waals surface area contributed by atoms with E-state index in [4.69, 9.17) is 11.6 Å². The third-order valence-electron chi connectivity index (χ3n) is 3.05. The Morgan fingerprint density at radius 2 is 2.00 bits per heavy atom. The number of aromatic carboxylic acids is 1. The number of anilines is 1. The highest BCUT2D eigenvalue weighted by molar-refractivity contribution is 6.30. The van der Waals surface area contributed by atoms with Gasteiger partial charge in [0.1, 0.15) is 11.5 Å². The zero-order valence-electron chi connectivity index (χ0n) is 10.2. The van der Waals surface area contributed by atoms with E-state index in [1.165, 1.54) is 4.57 Å². The molecule has 1 aromatic carbocycles. The van der Waals surface area contributed by atoms with Crippen LogP contribution in [0.1, 0.15) is 16.1 Å². The molecule has 3 rings (SSSR count). The zero-order chi connectivity index (χ0) is 14.3. The van der Waals surface area contributed by atoms with E-state index in [9.17, 15) is 14.7 Å². The van der Waals surface area contributed by atoms with Gasteiger partial charge in [0.2, 0.25) is 0 Å². The zero-order valence-corrected chi connectivity index (χ0v) is 10.9. The van der Waals surface area contributed by atoms with Crippen molar-refractivity contribution in [3.8, 4) is 5.69 Å². The second kappa shape index (κ2) is 4.57. The minimum atomic E-state index is -1.07. The standard InChI is InChI=1S/C13H10ClN3O3/c14-8-1-3-9(4-2-8)17-10(12(18)19)5-7-6-15-13(20)16-11(7)17/h1-5H,6H2,(H,18,19)(H2,15,16,20). The van der Waals surface area contributed by atoms with Crippen molar-refractivity contribution in [1.82, 2.24) is 9.88 Å². The van der Waals surface area contributed by atoms with Crippen molar-refractivity contribution in [2.45, 2.75) is 6.54 Å². The van der Waals surface area contributed by atoms with Gasteiger partial charge in [0.05, 0.1) is 0 Å². The molecule has 2 amide bonds. The number of halogens is 1. The Balaban J connectivity index is 2.21. The smallest absolute Gasteiger partial charge is 0.352 e. The summed E-state index contributed by atoms with van der Waals surface area (Å²) >= 11 is 5.84. The number of carbonyl (C=O) groups excluding carboxylic acids is 1. The van der Waals surface area contributed by atoms with E-state index < -0.39 is 5.97 Å². The first-order chi connectivity index (χ1) is 9.56. The number of carboxylic acid groups (broad SMARTS) is 1. The first-order valence-electron chi connectivity index (χ1n) is 5.85. The second-order valence-corrected chi connectivity index (χ2v) is 4.76. The monoisotopic (exact) mass is 291 g/mol. The predicted octanol–water partition coefficient (Wildman–Crippen LogP) is 2.46. The summed E-state index contributed by atoms with van der Waals surface area (Å²) in [5.74, 6) is -0.600. The van der Waals surface area contributed by atoms with E-state index >= 15 is 0 Å². The molecule has 6 nitrogen and oxygen atoms in total. The van der Waals surface area contributed by atoms with Crippen molar-refractivity contribution >= 4 is 29.4 Å². The van der Waals surface area contributed by atoms with Gasteiger partial charge in [0.25, 0.3) is 0 Å². The summed E-state index contributed by atoms with van der Waals surface area (Å²) in [7, 11) is 0. The number of fused-ring (bicyclic) bond motifs is 1. The Morgan fingerprint density at radius 1 is 1.30 bits per heavy atom. The molecule has 2 aromatic rings. The summed E-state index contributed by atoms with van der Waals surface area (Å²) in [4.78, 5) is 22.8. The van der Waals surface area contributed by atoms with Crippen LogP contribution in [0.3, 0.4) is 0 Å². The number of nitrogens with one attached hydrogen (secondary N) is 2. The van der Waals surface area contributed by atoms with E-state index in [1.807, 2.05) is 0 Å². The van der Waals surface area contributed by atoms with E-state index in [1.54, 1.807) is 30.3 Å². The van der Waals surface area contributed by atoms with E-state index in [0.29, 0.717) is 23.1 Å². The molecule has 0 saturated heterocycles. The molecule has 102 valence electrons. The predicted molar refractivity (Wildman–Crippen MR) is 73.6 cm³/mol. The molecule has 20 heavy (non-hydrogen) atoms. The average Bonchev–Trinajstić information content (AvgIpc) is 2.78. The van der Waals surface area contributed by atoms with Crippen LogP contribution in [0.4, 0.5) is 10.6 Å². The number of rotatable bonds is 2. The summed E-state index contributed by atoms with van der Waals surface area (Å²) in [5, 5.41) is 15.1. The summed E-state index contributed by atoms with van der Waals surface area (Å²) in [6.07, 6.45) is 0. The molecule has 1 aromatic heterocycles. The minimum Gasteiger partial charge on any atom is -0.477 e. The van der Waals surface area contributed by atoms with E-state index in [0.717, 1.165) is 5.56 Å². The molecule has 0 atom stereocenters. The maximum atomic E-state index is 11.4. The van der Waals surface area contributed by atoms with Crippen LogP contribution in [0.15, 0.2) is 30.3 Å². The van der Waals surface area contributed by atoms with Gasteiger partial charge in [-0.2, -0.15) is 0 Å². The summed E-state index contributed by atoms with van der Waals surface area (Å²) in [6.45, 7) is 0.294. The van der Waals surface area contributed by atoms with Gasteiger partial charge in [-0.05, 0) is 30.3 Å². The van der Waals surface area contributed by atoms with Gasteiger partial charge in [-0.25, -0.2) is 9.59 Å². The van der Waals surface area contributed by atoms with Crippen LogP contribution in [-0.4, -0.2) is 21.7 Å². The van der Waals surface area contributed by atoms with Gasteiger partial charge < -0.3 is 10.4 Å². The minimum absolute atomic E-state index is 0.0846. The Bertz CT molecular complexity index is 706. The molecule has 0 aliphatic carbocycles. The molecule has 1 aliphatic rings. The lowest BCUT2D eigenvalue weighted by atomic mass is 10.2. The van der Waals surface area contributed by atoms with Crippen LogP contribution in [-0.2, 0) is 6.54 Å². The molecule has 2 heterocycles. The lowest BCUT2D eigenvalue weighted by Gasteiger charge is -2.18. The van der Waals surface area contributed by atoms with Crippen molar-refractivity contribution in [2.24, 2.45) is 0 Å². The van der Waals surface area contributed by atoms with Gasteiger partial charge in [-0.15, -0.1) is 0 Å². The molecule has 0 saturated carbocycles. The lowest BCUT2D eigenvalue weighted by molar-refractivity contribution is 0.0688. The number of hydrogen-bond donors (Lipinski definition) is 3. The van der Waals surface area contributed by atoms with Crippen LogP contribution in [0, 0.1) is 0 Å². The highest BCUT2D eigenvalue weighted by Crippen LogP contribution is 2.29. The van der Waals surface area contributed by atoms with Crippen molar-refractivity contribution < 1.29 is 14.7 Å². The number of carbonyl (C=O) groups is 2. The fourth-order valence-electron chi connectivity index (χ4n) is 2.18. The molecule has 3 N–H and O–H groups in total. The Hall–Kier alpha value is -2.47. The topological polar surface area (TPSA) is 83.4 Å². The Morgan fingerprint density at radius 3 is 2.65 bits per heavy atom. The molecular formula is C13H10ClN3O3. The number of benzene rings is 1. The van der Waals surface area contributed by atoms with Crippen molar-refractivity contribution in [2.75, 3.05) is 5.32 Å². The lowest BCUT2D eigenvalue weighted by Crippen LogP contribution is -2.33. The van der Waals surface area contributed by atoms with E-state index in [-0.39, 0.29) is 11.7 Å². The summed E-state index contributed by atoms with van der Waals surface area (Å²) in [6, 6.07) is 7.91. The molecule has 7 heteroatoms. The maximum absolute atomic E-state index is 11.4. The Kier molecular flexibility index (Phi) is 2.87. The maximum Gasteiger partial charge on any atom is 0.352 e. The van der Waals surface area contributed by atoms with Crippen LogP contribution in [0.2, 0.25) is 5.02 Å². The fraction of sp³-hybridized carbons (Fsp3) is 0.0769. The SMILES string of the molecule is O=C1NCc2cc(C(=O)O)n(-c3ccc(Cl)cc3)c2N1. The van der Waals surface area contributed by atoms with Crippen LogP contribution < -0.4 is 10.6 Å². The van der Waals surface area contributed by atoms with Crippen molar-refractivity contribution in [1.29, 1.82) is 0 Å². The van der Waals surface area contributed by atoms with Crippen molar-refractivity contribution in [3.05, 3.63) is 46.6 Å². The van der Waals surface area contributed by atoms with Crippen LogP contribution >= 0.6 is 11.6 Å². The van der Waals surface area contributed by atoms with Gasteiger partial charge in [-0.3, -0.25) is 9.88 Å². The number of carboxylic acids is 1. The molecule has 0 unspecified atom stereocenters. The molecule has 0 bridgehead atoms. The number of amides is 2. The van der Waals surface area contributed by atoms with Crippen LogP contribution in [0.5, 0.6) is 0 Å². The number of hydrogen-bond acceptors (Lipinski definition) is 2. The summed E-state index contributed by atoms with van der Waals surface area (Å²) < 4.78 is 1.49. The molecule has 0 fully saturated rings. The normalized spacial score (nSPS) is 13.3. The first kappa shape index (κ1) is 12.6. The molecule has 0 radical (unpaired) electrons. The molecular weight excluding hydrogens is 282 g/mol. The van der Waals surface area contributed by atoms with Crippen molar-refractivity contribution in [3.63, 3.8) is 0 Å². The third-order valence-corrected chi connectivity index (χ3v) is 3.31. The average molecular weight is 292 g/mol. The first-order valence-corrected chi connectivity index (χ1v) is 6.23. The van der Waals surface area contributed by atoms with Gasteiger partial charge >= 0.3 is 12.0 Å². The van der Waals surface area contributed by atoms with E-state index in [2.05, 4.69) is 10.6 Å². The Labute approximate surface area is 119 Å². The second-order valence-electron chi connectivity index (χ2n) is 4.33. The number of nitrogens with zero attached hydrogens (tertiary/aromatic N) is 1. The highest BCUT2D eigenvalue weighted by Gasteiger charge is 2.25. The summed E-state index contributed by atoms with van der Waals surface area (Å²) in [5.41, 5.74) is 1.42. The number of urea groups is 1. The largest absolute Gasteiger partial charge is 0.477 e. The highest BCUT2D eigenvalue weighted by atomic mass is 35.5. The molecule has 0 spiro atoms. The van der Waals surface area contributed by atoms with Crippen LogP contribution in [0.25, 0.3) is 5.69 Å². The fourth-order valence-corrected chi connectivity index (χ4v) is 2.30. The van der Waals surface area contributed by atoms with Gasteiger partial charge in [0, 0.05) is 22.8 Å². The molecule has 1 aliphatic heterocycles. The van der Waals surface area contributed by atoms with Gasteiger partial charge in [0.15, 0.2) is 0 Å². The number of aromatic nitrogens is 1. The third kappa shape index (κ3) is 2.00. The van der Waals surface area contributed by atoms with Gasteiger partial charge in [-0.1, -0.05) is 11.6 Å².